The van der Waals surface area contributed by atoms with Gasteiger partial charge in [-0.1, -0.05) is 6.08 Å². The zero-order valence-electron chi connectivity index (χ0n) is 14.5. The van der Waals surface area contributed by atoms with Crippen molar-refractivity contribution in [2.24, 2.45) is 0 Å². The Morgan fingerprint density at radius 3 is 2.73 bits per heavy atom. The van der Waals surface area contributed by atoms with Crippen LogP contribution in [0.15, 0.2) is 35.4 Å². The Balaban J connectivity index is 1.65. The van der Waals surface area contributed by atoms with Crippen LogP contribution in [0.25, 0.3) is 16.5 Å². The first kappa shape index (κ1) is 17.0. The van der Waals surface area contributed by atoms with Crippen LogP contribution < -0.4 is 0 Å². The molecular formula is C18H19FN4O2S. The highest BCUT2D eigenvalue weighted by atomic mass is 32.2. The lowest BCUT2D eigenvalue weighted by Crippen LogP contribution is -2.35. The van der Waals surface area contributed by atoms with E-state index < -0.39 is 10.0 Å². The number of benzene rings is 1. The molecule has 0 saturated heterocycles. The second-order valence-corrected chi connectivity index (χ2v) is 8.37. The predicted molar refractivity (Wildman–Crippen MR) is 97.7 cm³/mol. The van der Waals surface area contributed by atoms with Gasteiger partial charge in [-0.3, -0.25) is 5.10 Å². The van der Waals surface area contributed by atoms with E-state index in [-0.39, 0.29) is 17.3 Å². The van der Waals surface area contributed by atoms with Gasteiger partial charge in [0, 0.05) is 35.8 Å². The molecule has 0 atom stereocenters. The third-order valence-electron chi connectivity index (χ3n) is 4.82. The summed E-state index contributed by atoms with van der Waals surface area (Å²) in [4.78, 5) is 3.39. The molecule has 0 amide bonds. The molecule has 1 aliphatic rings. The van der Waals surface area contributed by atoms with Gasteiger partial charge < -0.3 is 4.98 Å². The van der Waals surface area contributed by atoms with Crippen LogP contribution in [0, 0.1) is 19.7 Å². The summed E-state index contributed by atoms with van der Waals surface area (Å²) in [6.07, 6.45) is 4.32. The van der Waals surface area contributed by atoms with Crippen molar-refractivity contribution in [2.45, 2.75) is 25.2 Å². The number of fused-ring (bicyclic) bond motifs is 1. The highest BCUT2D eigenvalue weighted by Gasteiger charge is 2.31. The smallest absolute Gasteiger partial charge is 0.247 e. The average molecular weight is 374 g/mol. The Bertz CT molecular complexity index is 1110. The van der Waals surface area contributed by atoms with Gasteiger partial charge in [0.25, 0.3) is 0 Å². The number of nitrogens with one attached hydrogen (secondary N) is 2. The van der Waals surface area contributed by atoms with Gasteiger partial charge in [0.2, 0.25) is 10.0 Å². The second-order valence-electron chi connectivity index (χ2n) is 6.50. The summed E-state index contributed by atoms with van der Waals surface area (Å²) in [6, 6.07) is 4.63. The molecule has 2 N–H and O–H groups in total. The number of H-pyrrole nitrogens is 2. The number of halogens is 1. The van der Waals surface area contributed by atoms with Gasteiger partial charge in [-0.2, -0.15) is 9.40 Å². The minimum absolute atomic E-state index is 0.253. The van der Waals surface area contributed by atoms with Gasteiger partial charge in [-0.25, -0.2) is 12.8 Å². The third kappa shape index (κ3) is 2.65. The predicted octanol–water partition coefficient (Wildman–Crippen LogP) is 3.12. The highest BCUT2D eigenvalue weighted by Crippen LogP contribution is 2.32. The van der Waals surface area contributed by atoms with E-state index in [2.05, 4.69) is 15.2 Å². The molecule has 26 heavy (non-hydrogen) atoms. The lowest BCUT2D eigenvalue weighted by molar-refractivity contribution is 0.440. The molecular weight excluding hydrogens is 355 g/mol. The maximum atomic E-state index is 13.6. The minimum atomic E-state index is -3.59. The van der Waals surface area contributed by atoms with Crippen LogP contribution in [0.2, 0.25) is 0 Å². The van der Waals surface area contributed by atoms with Crippen LogP contribution in [0.3, 0.4) is 0 Å². The molecule has 0 bridgehead atoms. The van der Waals surface area contributed by atoms with Crippen LogP contribution in [0.5, 0.6) is 0 Å². The van der Waals surface area contributed by atoms with E-state index in [1.807, 2.05) is 12.3 Å². The highest BCUT2D eigenvalue weighted by molar-refractivity contribution is 7.89. The molecule has 0 fully saturated rings. The van der Waals surface area contributed by atoms with Gasteiger partial charge >= 0.3 is 0 Å². The van der Waals surface area contributed by atoms with Crippen LogP contribution in [0.1, 0.15) is 23.4 Å². The van der Waals surface area contributed by atoms with Crippen LogP contribution >= 0.6 is 0 Å². The summed E-state index contributed by atoms with van der Waals surface area (Å²) in [5.74, 6) is -0.287. The molecule has 1 aliphatic heterocycles. The molecule has 0 spiro atoms. The molecule has 8 heteroatoms. The van der Waals surface area contributed by atoms with E-state index >= 15 is 0 Å². The minimum Gasteiger partial charge on any atom is -0.361 e. The van der Waals surface area contributed by atoms with Crippen molar-refractivity contribution in [3.63, 3.8) is 0 Å². The Hall–Kier alpha value is -2.45. The standard InChI is InChI=1S/C18H19FN4O2S/c1-11-18(12(2)22-21-11)26(24,25)23-7-5-13(6-8-23)16-10-20-17-4-3-14(19)9-15(16)17/h3-5,9-10,20H,6-8H2,1-2H3,(H,21,22). The van der Waals surface area contributed by atoms with E-state index in [4.69, 9.17) is 0 Å². The maximum Gasteiger partial charge on any atom is 0.247 e. The van der Waals surface area contributed by atoms with E-state index in [1.54, 1.807) is 19.9 Å². The molecule has 136 valence electrons. The average Bonchev–Trinajstić information content (AvgIpc) is 3.18. The summed E-state index contributed by atoms with van der Waals surface area (Å²) in [6.45, 7) is 4.05. The largest absolute Gasteiger partial charge is 0.361 e. The number of aryl methyl sites for hydroxylation is 2. The van der Waals surface area contributed by atoms with E-state index in [0.717, 1.165) is 22.0 Å². The van der Waals surface area contributed by atoms with Crippen LogP contribution in [-0.2, 0) is 10.0 Å². The Kier molecular flexibility index (Phi) is 3.96. The third-order valence-corrected chi connectivity index (χ3v) is 6.95. The molecule has 3 aromatic rings. The first-order valence-corrected chi connectivity index (χ1v) is 9.79. The Morgan fingerprint density at radius 1 is 1.27 bits per heavy atom. The molecule has 0 saturated carbocycles. The summed E-state index contributed by atoms with van der Waals surface area (Å²) < 4.78 is 40.9. The fourth-order valence-electron chi connectivity index (χ4n) is 3.52. The normalized spacial score (nSPS) is 16.2. The van der Waals surface area contributed by atoms with Crippen LogP contribution in [-0.4, -0.2) is 41.0 Å². The zero-order valence-corrected chi connectivity index (χ0v) is 15.3. The fraction of sp³-hybridized carbons (Fsp3) is 0.278. The Labute approximate surface area is 150 Å². The van der Waals surface area contributed by atoms with Crippen molar-refractivity contribution in [1.82, 2.24) is 19.5 Å². The molecule has 4 rings (SSSR count). The molecule has 0 radical (unpaired) electrons. The molecule has 0 unspecified atom stereocenters. The van der Waals surface area contributed by atoms with Crippen molar-refractivity contribution in [2.75, 3.05) is 13.1 Å². The summed E-state index contributed by atoms with van der Waals surface area (Å²) in [7, 11) is -3.59. The quantitative estimate of drug-likeness (QED) is 0.739. The van der Waals surface area contributed by atoms with Gasteiger partial charge in [0.05, 0.1) is 11.4 Å². The van der Waals surface area contributed by atoms with Gasteiger partial charge in [-0.05, 0) is 44.0 Å². The van der Waals surface area contributed by atoms with Gasteiger partial charge in [0.1, 0.15) is 10.7 Å². The topological polar surface area (TPSA) is 81.8 Å². The molecule has 2 aromatic heterocycles. The van der Waals surface area contributed by atoms with Gasteiger partial charge in [-0.15, -0.1) is 0 Å². The van der Waals surface area contributed by atoms with Gasteiger partial charge in [0.15, 0.2) is 0 Å². The monoisotopic (exact) mass is 374 g/mol. The van der Waals surface area contributed by atoms with Crippen molar-refractivity contribution < 1.29 is 12.8 Å². The van der Waals surface area contributed by atoms with Crippen molar-refractivity contribution in [1.29, 1.82) is 0 Å². The molecule has 1 aromatic carbocycles. The van der Waals surface area contributed by atoms with Crippen molar-refractivity contribution in [3.05, 3.63) is 53.2 Å². The first-order chi connectivity index (χ1) is 12.4. The lowest BCUT2D eigenvalue weighted by Gasteiger charge is -2.26. The number of nitrogens with zero attached hydrogens (tertiary/aromatic N) is 2. The Morgan fingerprint density at radius 2 is 2.08 bits per heavy atom. The van der Waals surface area contributed by atoms with E-state index in [1.165, 1.54) is 16.4 Å². The van der Waals surface area contributed by atoms with Crippen molar-refractivity contribution >= 4 is 26.5 Å². The SMILES string of the molecule is Cc1n[nH]c(C)c1S(=O)(=O)N1CC=C(c2c[nH]c3ccc(F)cc23)CC1. The van der Waals surface area contributed by atoms with Crippen molar-refractivity contribution in [3.8, 4) is 0 Å². The maximum absolute atomic E-state index is 13.6. The fourth-order valence-corrected chi connectivity index (χ4v) is 5.23. The zero-order chi connectivity index (χ0) is 18.5. The number of aromatic nitrogens is 3. The summed E-state index contributed by atoms with van der Waals surface area (Å²) in [5.41, 5.74) is 3.83. The number of sulfonamides is 1. The first-order valence-electron chi connectivity index (χ1n) is 8.35. The molecule has 0 aliphatic carbocycles. The number of hydrogen-bond donors (Lipinski definition) is 2. The number of rotatable bonds is 3. The summed E-state index contributed by atoms with van der Waals surface area (Å²) in [5, 5.41) is 7.53. The molecule has 6 nitrogen and oxygen atoms in total. The van der Waals surface area contributed by atoms with Crippen LogP contribution in [0.4, 0.5) is 4.39 Å². The number of aromatic amines is 2. The number of hydrogen-bond acceptors (Lipinski definition) is 3. The lowest BCUT2D eigenvalue weighted by atomic mass is 10.00. The van der Waals surface area contributed by atoms with E-state index in [9.17, 15) is 12.8 Å². The second kappa shape index (κ2) is 6.07. The van der Waals surface area contributed by atoms with E-state index in [0.29, 0.717) is 24.4 Å². The molecule has 3 heterocycles. The summed E-state index contributed by atoms with van der Waals surface area (Å²) >= 11 is 0.